The van der Waals surface area contributed by atoms with Crippen molar-refractivity contribution in [2.24, 2.45) is 0 Å². The van der Waals surface area contributed by atoms with Crippen molar-refractivity contribution in [1.82, 2.24) is 15.0 Å². The summed E-state index contributed by atoms with van der Waals surface area (Å²) in [6, 6.07) is 4.77. The highest BCUT2D eigenvalue weighted by Crippen LogP contribution is 2.30. The van der Waals surface area contributed by atoms with Crippen molar-refractivity contribution < 1.29 is 13.2 Å². The highest BCUT2D eigenvalue weighted by molar-refractivity contribution is 9.10. The Morgan fingerprint density at radius 3 is 2.38 bits per heavy atom. The van der Waals surface area contributed by atoms with Crippen LogP contribution < -0.4 is 9.80 Å². The van der Waals surface area contributed by atoms with Gasteiger partial charge in [0.25, 0.3) is 0 Å². The smallest absolute Gasteiger partial charge is 0.353 e. The molecule has 3 heterocycles. The molecule has 0 bridgehead atoms. The summed E-state index contributed by atoms with van der Waals surface area (Å²) in [7, 11) is 0. The largest absolute Gasteiger partial charge is 0.433 e. The van der Waals surface area contributed by atoms with Crippen molar-refractivity contribution in [2.45, 2.75) is 13.1 Å². The van der Waals surface area contributed by atoms with E-state index in [9.17, 15) is 13.2 Å². The van der Waals surface area contributed by atoms with Crippen LogP contribution in [-0.2, 0) is 6.18 Å². The first-order valence-corrected chi connectivity index (χ1v) is 8.17. The number of rotatable bonds is 2. The van der Waals surface area contributed by atoms with Crippen LogP contribution in [0.2, 0.25) is 0 Å². The minimum atomic E-state index is -4.47. The third kappa shape index (κ3) is 3.61. The van der Waals surface area contributed by atoms with Crippen LogP contribution in [0.25, 0.3) is 0 Å². The van der Waals surface area contributed by atoms with E-state index in [4.69, 9.17) is 0 Å². The van der Waals surface area contributed by atoms with Crippen molar-refractivity contribution in [3.63, 3.8) is 0 Å². The van der Waals surface area contributed by atoms with Gasteiger partial charge in [0.05, 0.1) is 4.47 Å². The zero-order chi connectivity index (χ0) is 17.3. The number of pyridine rings is 1. The Labute approximate surface area is 145 Å². The minimum absolute atomic E-state index is 0.120. The van der Waals surface area contributed by atoms with Gasteiger partial charge in [-0.2, -0.15) is 13.2 Å². The molecule has 5 nitrogen and oxygen atoms in total. The van der Waals surface area contributed by atoms with Crippen LogP contribution in [0.3, 0.4) is 0 Å². The summed E-state index contributed by atoms with van der Waals surface area (Å²) in [5.74, 6) is 1.27. The second-order valence-electron chi connectivity index (χ2n) is 5.44. The van der Waals surface area contributed by atoms with E-state index in [1.54, 1.807) is 6.20 Å². The molecular weight excluding hydrogens is 387 g/mol. The van der Waals surface area contributed by atoms with E-state index < -0.39 is 11.9 Å². The second kappa shape index (κ2) is 6.54. The minimum Gasteiger partial charge on any atom is -0.353 e. The van der Waals surface area contributed by atoms with Crippen LogP contribution in [0, 0.1) is 6.92 Å². The van der Waals surface area contributed by atoms with E-state index in [1.165, 1.54) is 6.92 Å². The molecule has 0 saturated carbocycles. The SMILES string of the molecule is Cc1nc(N2CCN(c3ncccc3Br)CC2)cc(C(F)(F)F)n1. The van der Waals surface area contributed by atoms with Gasteiger partial charge in [0, 0.05) is 38.4 Å². The lowest BCUT2D eigenvalue weighted by molar-refractivity contribution is -0.141. The van der Waals surface area contributed by atoms with Crippen LogP contribution >= 0.6 is 15.9 Å². The van der Waals surface area contributed by atoms with Gasteiger partial charge in [0.15, 0.2) is 0 Å². The summed E-state index contributed by atoms with van der Waals surface area (Å²) >= 11 is 3.47. The van der Waals surface area contributed by atoms with Gasteiger partial charge in [-0.3, -0.25) is 0 Å². The predicted octanol–water partition coefficient (Wildman–Crippen LogP) is 3.29. The van der Waals surface area contributed by atoms with Crippen molar-refractivity contribution in [3.05, 3.63) is 40.4 Å². The highest BCUT2D eigenvalue weighted by atomic mass is 79.9. The molecule has 3 rings (SSSR count). The molecule has 0 N–H and O–H groups in total. The number of hydrogen-bond acceptors (Lipinski definition) is 5. The average Bonchev–Trinajstić information content (AvgIpc) is 2.54. The van der Waals surface area contributed by atoms with E-state index in [1.807, 2.05) is 17.0 Å². The highest BCUT2D eigenvalue weighted by Gasteiger charge is 2.34. The lowest BCUT2D eigenvalue weighted by Crippen LogP contribution is -2.47. The molecule has 24 heavy (non-hydrogen) atoms. The molecule has 0 aliphatic carbocycles. The van der Waals surface area contributed by atoms with Gasteiger partial charge >= 0.3 is 6.18 Å². The first-order chi connectivity index (χ1) is 11.3. The Balaban J connectivity index is 1.76. The Morgan fingerprint density at radius 2 is 1.75 bits per heavy atom. The van der Waals surface area contributed by atoms with Crippen molar-refractivity contribution in [3.8, 4) is 0 Å². The zero-order valence-corrected chi connectivity index (χ0v) is 14.5. The maximum Gasteiger partial charge on any atom is 0.433 e. The molecule has 0 amide bonds. The van der Waals surface area contributed by atoms with Crippen LogP contribution in [-0.4, -0.2) is 41.1 Å². The van der Waals surface area contributed by atoms with E-state index >= 15 is 0 Å². The van der Waals surface area contributed by atoms with Crippen LogP contribution in [0.4, 0.5) is 24.8 Å². The maximum atomic E-state index is 12.9. The van der Waals surface area contributed by atoms with Gasteiger partial charge < -0.3 is 9.80 Å². The van der Waals surface area contributed by atoms with Crippen molar-refractivity contribution >= 4 is 27.6 Å². The standard InChI is InChI=1S/C15H15BrF3N5/c1-10-21-12(15(17,18)19)9-13(22-10)23-5-7-24(8-6-23)14-11(16)3-2-4-20-14/h2-4,9H,5-8H2,1H3. The van der Waals surface area contributed by atoms with Crippen molar-refractivity contribution in [1.29, 1.82) is 0 Å². The monoisotopic (exact) mass is 401 g/mol. The first-order valence-electron chi connectivity index (χ1n) is 7.38. The molecule has 0 atom stereocenters. The molecule has 0 unspecified atom stereocenters. The van der Waals surface area contributed by atoms with Gasteiger partial charge in [-0.15, -0.1) is 0 Å². The molecule has 0 aromatic carbocycles. The Hall–Kier alpha value is -1.90. The summed E-state index contributed by atoms with van der Waals surface area (Å²) < 4.78 is 39.6. The van der Waals surface area contributed by atoms with Gasteiger partial charge in [-0.25, -0.2) is 15.0 Å². The Bertz CT molecular complexity index is 729. The van der Waals surface area contributed by atoms with Crippen LogP contribution in [0.1, 0.15) is 11.5 Å². The Morgan fingerprint density at radius 1 is 1.08 bits per heavy atom. The molecule has 2 aromatic heterocycles. The summed E-state index contributed by atoms with van der Waals surface area (Å²) in [4.78, 5) is 15.9. The normalized spacial score (nSPS) is 15.7. The fourth-order valence-corrected chi connectivity index (χ4v) is 3.12. The van der Waals surface area contributed by atoms with E-state index in [0.717, 1.165) is 16.4 Å². The molecule has 0 spiro atoms. The third-order valence-electron chi connectivity index (χ3n) is 3.76. The fourth-order valence-electron chi connectivity index (χ4n) is 2.62. The Kier molecular flexibility index (Phi) is 4.62. The topological polar surface area (TPSA) is 45.2 Å². The lowest BCUT2D eigenvalue weighted by atomic mass is 10.2. The quantitative estimate of drug-likeness (QED) is 0.772. The molecule has 128 valence electrons. The molecule has 1 saturated heterocycles. The molecule has 2 aromatic rings. The predicted molar refractivity (Wildman–Crippen MR) is 88.1 cm³/mol. The molecule has 1 aliphatic heterocycles. The second-order valence-corrected chi connectivity index (χ2v) is 6.29. The number of alkyl halides is 3. The van der Waals surface area contributed by atoms with Crippen LogP contribution in [0.15, 0.2) is 28.9 Å². The average molecular weight is 402 g/mol. The van der Waals surface area contributed by atoms with Crippen molar-refractivity contribution in [2.75, 3.05) is 36.0 Å². The van der Waals surface area contributed by atoms with Gasteiger partial charge in [0.1, 0.15) is 23.2 Å². The molecule has 1 aliphatic rings. The molecule has 0 radical (unpaired) electrons. The zero-order valence-electron chi connectivity index (χ0n) is 12.9. The number of nitrogens with zero attached hydrogens (tertiary/aromatic N) is 5. The summed E-state index contributed by atoms with van der Waals surface area (Å²) in [6.07, 6.45) is -2.75. The molecule has 1 fully saturated rings. The first kappa shape index (κ1) is 16.9. The number of halogens is 4. The molecular formula is C15H15BrF3N5. The maximum absolute atomic E-state index is 12.9. The summed E-state index contributed by atoms with van der Waals surface area (Å²) in [5, 5.41) is 0. The van der Waals surface area contributed by atoms with E-state index in [-0.39, 0.29) is 5.82 Å². The number of aryl methyl sites for hydroxylation is 1. The number of anilines is 2. The summed E-state index contributed by atoms with van der Waals surface area (Å²) in [5.41, 5.74) is -0.903. The van der Waals surface area contributed by atoms with E-state index in [0.29, 0.717) is 32.0 Å². The van der Waals surface area contributed by atoms with Gasteiger partial charge in [0.2, 0.25) is 0 Å². The fraction of sp³-hybridized carbons (Fsp3) is 0.400. The third-order valence-corrected chi connectivity index (χ3v) is 4.38. The van der Waals surface area contributed by atoms with Gasteiger partial charge in [-0.05, 0) is 35.0 Å². The van der Waals surface area contributed by atoms with E-state index in [2.05, 4.69) is 35.8 Å². The number of hydrogen-bond donors (Lipinski definition) is 0. The van der Waals surface area contributed by atoms with Gasteiger partial charge in [-0.1, -0.05) is 0 Å². The lowest BCUT2D eigenvalue weighted by Gasteiger charge is -2.36. The number of piperazine rings is 1. The number of aromatic nitrogens is 3. The molecule has 9 heteroatoms. The van der Waals surface area contributed by atoms with Crippen LogP contribution in [0.5, 0.6) is 0 Å². The summed E-state index contributed by atoms with van der Waals surface area (Å²) in [6.45, 7) is 3.91.